The lowest BCUT2D eigenvalue weighted by atomic mass is 9.63. The smallest absolute Gasteiger partial charge is 0.233 e. The Labute approximate surface area is 127 Å². The fourth-order valence-corrected chi connectivity index (χ4v) is 3.64. The summed E-state index contributed by atoms with van der Waals surface area (Å²) in [5, 5.41) is 10.1. The molecule has 0 bridgehead atoms. The van der Waals surface area contributed by atoms with Gasteiger partial charge in [-0.05, 0) is 37.7 Å². The summed E-state index contributed by atoms with van der Waals surface area (Å²) in [4.78, 5) is 15.0. The van der Waals surface area contributed by atoms with E-state index in [1.54, 1.807) is 0 Å². The van der Waals surface area contributed by atoms with Crippen LogP contribution < -0.4 is 0 Å². The molecule has 2 unspecified atom stereocenters. The average molecular weight is 287 g/mol. The Bertz CT molecular complexity index is 536. The minimum Gasteiger partial charge on any atom is -0.391 e. The van der Waals surface area contributed by atoms with E-state index in [0.717, 1.165) is 37.8 Å². The molecule has 3 heteroatoms. The van der Waals surface area contributed by atoms with Gasteiger partial charge in [-0.3, -0.25) is 4.79 Å². The molecule has 21 heavy (non-hydrogen) atoms. The van der Waals surface area contributed by atoms with Crippen molar-refractivity contribution in [3.8, 4) is 0 Å². The van der Waals surface area contributed by atoms with Crippen LogP contribution in [0.4, 0.5) is 0 Å². The topological polar surface area (TPSA) is 40.5 Å². The highest BCUT2D eigenvalue weighted by Gasteiger charge is 2.48. The average Bonchev–Trinajstić information content (AvgIpc) is 2.40. The number of amides is 1. The standard InChI is InChI=1S/C18H25NO2/c1-13-5-3-6-15(11-13)18(8-4-9-18)17(21)19-10-7-14(2)16(20)12-19/h3,5-6,11,14,16,20H,4,7-10,12H2,1-2H3. The van der Waals surface area contributed by atoms with Crippen LogP contribution in [-0.4, -0.2) is 35.1 Å². The molecule has 1 aromatic carbocycles. The lowest BCUT2D eigenvalue weighted by Crippen LogP contribution is -2.55. The van der Waals surface area contributed by atoms with E-state index in [-0.39, 0.29) is 17.4 Å². The SMILES string of the molecule is Cc1cccc(C2(C(=O)N3CCC(C)C(O)C3)CCC2)c1. The Hall–Kier alpha value is -1.35. The molecule has 0 radical (unpaired) electrons. The summed E-state index contributed by atoms with van der Waals surface area (Å²) in [7, 11) is 0. The molecule has 1 aliphatic carbocycles. The molecule has 3 nitrogen and oxygen atoms in total. The van der Waals surface area contributed by atoms with Crippen molar-refractivity contribution >= 4 is 5.91 Å². The largest absolute Gasteiger partial charge is 0.391 e. The molecule has 0 spiro atoms. The van der Waals surface area contributed by atoms with E-state index < -0.39 is 0 Å². The van der Waals surface area contributed by atoms with Crippen LogP contribution >= 0.6 is 0 Å². The fraction of sp³-hybridized carbons (Fsp3) is 0.611. The van der Waals surface area contributed by atoms with Crippen LogP contribution in [0.5, 0.6) is 0 Å². The Morgan fingerprint density at radius 1 is 1.38 bits per heavy atom. The molecule has 1 saturated heterocycles. The third-order valence-electron chi connectivity index (χ3n) is 5.39. The Balaban J connectivity index is 1.84. The van der Waals surface area contributed by atoms with Crippen LogP contribution in [0.25, 0.3) is 0 Å². The molecule has 1 heterocycles. The van der Waals surface area contributed by atoms with Crippen LogP contribution in [0, 0.1) is 12.8 Å². The normalized spacial score (nSPS) is 28.0. The number of hydrogen-bond donors (Lipinski definition) is 1. The number of β-amino-alcohol motifs (C(OH)–C–C–N with tert-alkyl or cyclic N) is 1. The van der Waals surface area contributed by atoms with Gasteiger partial charge in [0.1, 0.15) is 0 Å². The van der Waals surface area contributed by atoms with Gasteiger partial charge in [-0.1, -0.05) is 43.2 Å². The van der Waals surface area contributed by atoms with Crippen LogP contribution in [0.2, 0.25) is 0 Å². The van der Waals surface area contributed by atoms with Crippen molar-refractivity contribution in [2.75, 3.05) is 13.1 Å². The van der Waals surface area contributed by atoms with Gasteiger partial charge < -0.3 is 10.0 Å². The van der Waals surface area contributed by atoms with E-state index in [9.17, 15) is 9.90 Å². The molecule has 1 N–H and O–H groups in total. The van der Waals surface area contributed by atoms with Gasteiger partial charge in [0, 0.05) is 13.1 Å². The van der Waals surface area contributed by atoms with Crippen molar-refractivity contribution < 1.29 is 9.90 Å². The van der Waals surface area contributed by atoms with Gasteiger partial charge in [-0.25, -0.2) is 0 Å². The number of nitrogens with zero attached hydrogens (tertiary/aromatic N) is 1. The molecule has 0 aromatic heterocycles. The van der Waals surface area contributed by atoms with Crippen LogP contribution in [0.1, 0.15) is 43.7 Å². The summed E-state index contributed by atoms with van der Waals surface area (Å²) in [6.07, 6.45) is 3.52. The number of rotatable bonds is 2. The summed E-state index contributed by atoms with van der Waals surface area (Å²) >= 11 is 0. The third-order valence-corrected chi connectivity index (χ3v) is 5.39. The third kappa shape index (κ3) is 2.48. The van der Waals surface area contributed by atoms with E-state index in [0.29, 0.717) is 12.5 Å². The van der Waals surface area contributed by atoms with E-state index >= 15 is 0 Å². The molecular weight excluding hydrogens is 262 g/mol. The molecule has 1 aliphatic heterocycles. The first kappa shape index (κ1) is 14.6. The van der Waals surface area contributed by atoms with Gasteiger partial charge in [0.25, 0.3) is 0 Å². The molecule has 2 aliphatic rings. The second-order valence-corrected chi connectivity index (χ2v) is 6.89. The first-order valence-electron chi connectivity index (χ1n) is 8.07. The highest BCUT2D eigenvalue weighted by Crippen LogP contribution is 2.45. The van der Waals surface area contributed by atoms with Gasteiger partial charge >= 0.3 is 0 Å². The van der Waals surface area contributed by atoms with Crippen molar-refractivity contribution in [1.29, 1.82) is 0 Å². The second-order valence-electron chi connectivity index (χ2n) is 6.89. The highest BCUT2D eigenvalue weighted by atomic mass is 16.3. The Morgan fingerprint density at radius 2 is 2.14 bits per heavy atom. The first-order chi connectivity index (χ1) is 10.0. The second kappa shape index (κ2) is 5.45. The van der Waals surface area contributed by atoms with E-state index in [1.807, 2.05) is 11.0 Å². The van der Waals surface area contributed by atoms with Crippen LogP contribution in [0.15, 0.2) is 24.3 Å². The molecule has 1 saturated carbocycles. The summed E-state index contributed by atoms with van der Waals surface area (Å²) < 4.78 is 0. The highest BCUT2D eigenvalue weighted by molar-refractivity contribution is 5.89. The summed E-state index contributed by atoms with van der Waals surface area (Å²) in [6.45, 7) is 5.41. The van der Waals surface area contributed by atoms with Gasteiger partial charge in [0.15, 0.2) is 0 Å². The number of piperidine rings is 1. The fourth-order valence-electron chi connectivity index (χ4n) is 3.64. The predicted octanol–water partition coefficient (Wildman–Crippen LogP) is 2.65. The molecule has 114 valence electrons. The van der Waals surface area contributed by atoms with E-state index in [4.69, 9.17) is 0 Å². The zero-order valence-electron chi connectivity index (χ0n) is 13.0. The molecule has 3 rings (SSSR count). The quantitative estimate of drug-likeness (QED) is 0.908. The number of carbonyl (C=O) groups excluding carboxylic acids is 1. The van der Waals surface area contributed by atoms with Crippen LogP contribution in [-0.2, 0) is 10.2 Å². The summed E-state index contributed by atoms with van der Waals surface area (Å²) in [5.41, 5.74) is 2.04. The Morgan fingerprint density at radius 3 is 2.71 bits per heavy atom. The maximum absolute atomic E-state index is 13.1. The zero-order valence-corrected chi connectivity index (χ0v) is 13.0. The maximum atomic E-state index is 13.1. The lowest BCUT2D eigenvalue weighted by Gasteiger charge is -2.46. The summed E-state index contributed by atoms with van der Waals surface area (Å²) in [6, 6.07) is 8.37. The lowest BCUT2D eigenvalue weighted by molar-refractivity contribution is -0.145. The molecule has 1 amide bonds. The first-order valence-corrected chi connectivity index (χ1v) is 8.07. The van der Waals surface area contributed by atoms with Crippen molar-refractivity contribution in [2.24, 2.45) is 5.92 Å². The number of likely N-dealkylation sites (tertiary alicyclic amines) is 1. The minimum atomic E-state index is -0.377. The van der Waals surface area contributed by atoms with Gasteiger partial charge in [-0.2, -0.15) is 0 Å². The van der Waals surface area contributed by atoms with Gasteiger partial charge in [0.05, 0.1) is 11.5 Å². The van der Waals surface area contributed by atoms with Crippen molar-refractivity contribution in [3.63, 3.8) is 0 Å². The van der Waals surface area contributed by atoms with Crippen molar-refractivity contribution in [2.45, 2.75) is 51.0 Å². The number of aliphatic hydroxyl groups is 1. The number of aliphatic hydroxyl groups excluding tert-OH is 1. The van der Waals surface area contributed by atoms with Gasteiger partial charge in [-0.15, -0.1) is 0 Å². The molecular formula is C18H25NO2. The maximum Gasteiger partial charge on any atom is 0.233 e. The number of aryl methyl sites for hydroxylation is 1. The van der Waals surface area contributed by atoms with Crippen molar-refractivity contribution in [1.82, 2.24) is 4.90 Å². The van der Waals surface area contributed by atoms with Crippen molar-refractivity contribution in [3.05, 3.63) is 35.4 Å². The minimum absolute atomic E-state index is 0.227. The predicted molar refractivity (Wildman–Crippen MR) is 83.1 cm³/mol. The molecule has 2 fully saturated rings. The van der Waals surface area contributed by atoms with E-state index in [1.165, 1.54) is 5.56 Å². The number of carbonyl (C=O) groups is 1. The summed E-state index contributed by atoms with van der Waals surface area (Å²) in [5.74, 6) is 0.524. The van der Waals surface area contributed by atoms with Crippen LogP contribution in [0.3, 0.4) is 0 Å². The molecule has 1 aromatic rings. The zero-order chi connectivity index (χ0) is 15.0. The van der Waals surface area contributed by atoms with E-state index in [2.05, 4.69) is 32.0 Å². The molecule has 2 atom stereocenters. The monoisotopic (exact) mass is 287 g/mol. The Kier molecular flexibility index (Phi) is 3.78. The number of benzene rings is 1. The van der Waals surface area contributed by atoms with Gasteiger partial charge in [0.2, 0.25) is 5.91 Å². The number of hydrogen-bond acceptors (Lipinski definition) is 2.